The lowest BCUT2D eigenvalue weighted by Gasteiger charge is -2.36. The van der Waals surface area contributed by atoms with Crippen molar-refractivity contribution in [3.63, 3.8) is 0 Å². The molecule has 37 heavy (non-hydrogen) atoms. The molecule has 6 nitrogen and oxygen atoms in total. The van der Waals surface area contributed by atoms with Crippen LogP contribution in [0.15, 0.2) is 71.7 Å². The smallest absolute Gasteiger partial charge is 0.326 e. The van der Waals surface area contributed by atoms with Gasteiger partial charge in [0.05, 0.1) is 18.2 Å². The van der Waals surface area contributed by atoms with Gasteiger partial charge in [-0.05, 0) is 60.5 Å². The summed E-state index contributed by atoms with van der Waals surface area (Å²) in [7, 11) is 0. The highest BCUT2D eigenvalue weighted by Crippen LogP contribution is 2.45. The standard InChI is InChI=1S/C28H27Cl3N4O2/c1-2-37-24-17-22(31)11-12-23(24)27-33-25(18-3-7-20(29)8-4-18)26(19-5-9-21(30)10-6-19)35(27)28(36)34-15-13-32-14-16-34/h3-12,17,25-26,32H,2,13-16H2,1H3/t25-,26+/m1/s1. The lowest BCUT2D eigenvalue weighted by atomic mass is 9.93. The first-order chi connectivity index (χ1) is 18.0. The quantitative estimate of drug-likeness (QED) is 0.384. The van der Waals surface area contributed by atoms with Crippen molar-refractivity contribution in [1.29, 1.82) is 0 Å². The van der Waals surface area contributed by atoms with E-state index in [2.05, 4.69) is 5.32 Å². The fraction of sp³-hybridized carbons (Fsp3) is 0.286. The number of nitrogens with zero attached hydrogens (tertiary/aromatic N) is 3. The highest BCUT2D eigenvalue weighted by molar-refractivity contribution is 6.31. The van der Waals surface area contributed by atoms with Crippen LogP contribution in [0.25, 0.3) is 0 Å². The summed E-state index contributed by atoms with van der Waals surface area (Å²) in [5.41, 5.74) is 2.59. The summed E-state index contributed by atoms with van der Waals surface area (Å²) >= 11 is 18.8. The normalized spacial score (nSPS) is 19.6. The SMILES string of the molecule is CCOc1cc(Cl)ccc1C1=N[C@H](c2ccc(Cl)cc2)[C@H](c2ccc(Cl)cc2)N1C(=O)N1CCNCC1. The van der Waals surface area contributed by atoms with Crippen molar-refractivity contribution in [3.8, 4) is 5.75 Å². The van der Waals surface area contributed by atoms with Gasteiger partial charge in [-0.2, -0.15) is 0 Å². The second-order valence-electron chi connectivity index (χ2n) is 8.91. The number of nitrogens with one attached hydrogen (secondary N) is 1. The fourth-order valence-corrected chi connectivity index (χ4v) is 5.23. The van der Waals surface area contributed by atoms with Gasteiger partial charge in [-0.1, -0.05) is 59.1 Å². The van der Waals surface area contributed by atoms with Gasteiger partial charge < -0.3 is 15.0 Å². The molecule has 9 heteroatoms. The van der Waals surface area contributed by atoms with Crippen LogP contribution in [0.1, 0.15) is 35.7 Å². The molecule has 0 spiro atoms. The van der Waals surface area contributed by atoms with Crippen LogP contribution in [-0.2, 0) is 0 Å². The topological polar surface area (TPSA) is 57.2 Å². The van der Waals surface area contributed by atoms with Gasteiger partial charge in [0.25, 0.3) is 0 Å². The Hall–Kier alpha value is -2.77. The third-order valence-electron chi connectivity index (χ3n) is 6.57. The summed E-state index contributed by atoms with van der Waals surface area (Å²) < 4.78 is 5.96. The lowest BCUT2D eigenvalue weighted by molar-refractivity contribution is 0.157. The van der Waals surface area contributed by atoms with E-state index < -0.39 is 6.04 Å². The van der Waals surface area contributed by atoms with Crippen molar-refractivity contribution >= 4 is 46.7 Å². The Morgan fingerprint density at radius 2 is 1.51 bits per heavy atom. The molecule has 1 N–H and O–H groups in total. The maximum Gasteiger partial charge on any atom is 0.326 e. The Morgan fingerprint density at radius 1 is 0.919 bits per heavy atom. The van der Waals surface area contributed by atoms with Gasteiger partial charge in [-0.3, -0.25) is 9.89 Å². The molecule has 0 unspecified atom stereocenters. The molecule has 3 aromatic carbocycles. The Bertz CT molecular complexity index is 1290. The largest absolute Gasteiger partial charge is 0.493 e. The minimum absolute atomic E-state index is 0.103. The van der Waals surface area contributed by atoms with Gasteiger partial charge in [-0.15, -0.1) is 0 Å². The molecule has 0 aliphatic carbocycles. The Kier molecular flexibility index (Phi) is 7.91. The zero-order valence-corrected chi connectivity index (χ0v) is 22.6. The van der Waals surface area contributed by atoms with E-state index >= 15 is 0 Å². The zero-order valence-electron chi connectivity index (χ0n) is 20.3. The molecular formula is C28H27Cl3N4O2. The zero-order chi connectivity index (χ0) is 25.9. The summed E-state index contributed by atoms with van der Waals surface area (Å²) in [6.45, 7) is 5.07. The number of urea groups is 1. The van der Waals surface area contributed by atoms with E-state index in [0.29, 0.717) is 51.9 Å². The minimum atomic E-state index is -0.402. The van der Waals surface area contributed by atoms with Gasteiger partial charge in [0.15, 0.2) is 0 Å². The molecule has 0 radical (unpaired) electrons. The third-order valence-corrected chi connectivity index (χ3v) is 7.31. The van der Waals surface area contributed by atoms with Crippen molar-refractivity contribution in [1.82, 2.24) is 15.1 Å². The fourth-order valence-electron chi connectivity index (χ4n) is 4.82. The third kappa shape index (κ3) is 5.43. The summed E-state index contributed by atoms with van der Waals surface area (Å²) in [6.07, 6.45) is 0. The van der Waals surface area contributed by atoms with Crippen LogP contribution in [0.5, 0.6) is 5.75 Å². The van der Waals surface area contributed by atoms with Crippen LogP contribution < -0.4 is 10.1 Å². The minimum Gasteiger partial charge on any atom is -0.493 e. The van der Waals surface area contributed by atoms with Crippen LogP contribution in [0.4, 0.5) is 4.79 Å². The molecule has 0 aromatic heterocycles. The first-order valence-corrected chi connectivity index (χ1v) is 13.4. The number of hydrogen-bond acceptors (Lipinski definition) is 4. The highest BCUT2D eigenvalue weighted by Gasteiger charge is 2.44. The van der Waals surface area contributed by atoms with E-state index in [4.69, 9.17) is 44.5 Å². The number of piperazine rings is 1. The molecule has 2 amide bonds. The summed E-state index contributed by atoms with van der Waals surface area (Å²) in [6, 6.07) is 19.8. The first kappa shape index (κ1) is 25.9. The first-order valence-electron chi connectivity index (χ1n) is 12.3. The molecule has 2 aliphatic rings. The predicted molar refractivity (Wildman–Crippen MR) is 149 cm³/mol. The van der Waals surface area contributed by atoms with Gasteiger partial charge in [0.1, 0.15) is 17.6 Å². The number of ether oxygens (including phenoxy) is 1. The molecule has 2 heterocycles. The van der Waals surface area contributed by atoms with Crippen molar-refractivity contribution in [2.24, 2.45) is 4.99 Å². The molecule has 0 bridgehead atoms. The number of carbonyl (C=O) groups is 1. The number of amidine groups is 1. The second kappa shape index (κ2) is 11.3. The molecule has 3 aromatic rings. The van der Waals surface area contributed by atoms with Crippen LogP contribution in [-0.4, -0.2) is 54.5 Å². The summed E-state index contributed by atoms with van der Waals surface area (Å²) in [4.78, 5) is 23.1. The highest BCUT2D eigenvalue weighted by atomic mass is 35.5. The van der Waals surface area contributed by atoms with E-state index in [-0.39, 0.29) is 12.1 Å². The Labute approximate surface area is 231 Å². The van der Waals surface area contributed by atoms with Crippen LogP contribution in [0, 0.1) is 0 Å². The summed E-state index contributed by atoms with van der Waals surface area (Å²) in [5.74, 6) is 1.13. The van der Waals surface area contributed by atoms with Crippen LogP contribution in [0.2, 0.25) is 15.1 Å². The maximum atomic E-state index is 14.2. The number of hydrogen-bond donors (Lipinski definition) is 1. The number of aliphatic imine (C=N–C) groups is 1. The molecule has 0 saturated carbocycles. The van der Waals surface area contributed by atoms with E-state index in [1.165, 1.54) is 0 Å². The van der Waals surface area contributed by atoms with Crippen molar-refractivity contribution < 1.29 is 9.53 Å². The van der Waals surface area contributed by atoms with E-state index in [9.17, 15) is 4.79 Å². The number of rotatable bonds is 5. The molecule has 192 valence electrons. The van der Waals surface area contributed by atoms with E-state index in [1.54, 1.807) is 17.0 Å². The van der Waals surface area contributed by atoms with E-state index in [1.807, 2.05) is 66.4 Å². The van der Waals surface area contributed by atoms with Crippen molar-refractivity contribution in [2.45, 2.75) is 19.0 Å². The van der Waals surface area contributed by atoms with Gasteiger partial charge in [0.2, 0.25) is 0 Å². The molecule has 1 fully saturated rings. The number of carbonyl (C=O) groups excluding carboxylic acids is 1. The molecule has 2 aliphatic heterocycles. The average Bonchev–Trinajstić information content (AvgIpc) is 3.30. The monoisotopic (exact) mass is 556 g/mol. The maximum absolute atomic E-state index is 14.2. The Balaban J connectivity index is 1.69. The second-order valence-corrected chi connectivity index (χ2v) is 10.2. The van der Waals surface area contributed by atoms with Gasteiger partial charge in [0, 0.05) is 41.2 Å². The van der Waals surface area contributed by atoms with Crippen LogP contribution >= 0.6 is 34.8 Å². The molecule has 1 saturated heterocycles. The number of amides is 2. The molecule has 2 atom stereocenters. The molecular weight excluding hydrogens is 531 g/mol. The summed E-state index contributed by atoms with van der Waals surface area (Å²) in [5, 5.41) is 5.14. The number of benzene rings is 3. The lowest BCUT2D eigenvalue weighted by Crippen LogP contribution is -2.53. The van der Waals surface area contributed by atoms with Crippen molar-refractivity contribution in [2.75, 3.05) is 32.8 Å². The average molecular weight is 558 g/mol. The number of halogens is 3. The molecule has 5 rings (SSSR count). The van der Waals surface area contributed by atoms with Crippen molar-refractivity contribution in [3.05, 3.63) is 98.5 Å². The van der Waals surface area contributed by atoms with Gasteiger partial charge in [-0.25, -0.2) is 4.79 Å². The predicted octanol–water partition coefficient (Wildman–Crippen LogP) is 6.62. The van der Waals surface area contributed by atoms with E-state index in [0.717, 1.165) is 24.2 Å². The van der Waals surface area contributed by atoms with Crippen LogP contribution in [0.3, 0.4) is 0 Å². The Morgan fingerprint density at radius 3 is 2.14 bits per heavy atom. The van der Waals surface area contributed by atoms with Gasteiger partial charge >= 0.3 is 6.03 Å².